The first-order valence-electron chi connectivity index (χ1n) is 6.79. The summed E-state index contributed by atoms with van der Waals surface area (Å²) in [6.45, 7) is 2.33. The van der Waals surface area contributed by atoms with Crippen LogP contribution in [0.25, 0.3) is 0 Å². The van der Waals surface area contributed by atoms with Crippen molar-refractivity contribution in [2.75, 3.05) is 13.7 Å². The van der Waals surface area contributed by atoms with Crippen LogP contribution in [0.3, 0.4) is 0 Å². The normalized spacial score (nSPS) is 20.3. The molecule has 2 N–H and O–H groups in total. The third-order valence-corrected chi connectivity index (χ3v) is 3.83. The van der Waals surface area contributed by atoms with Gasteiger partial charge in [-0.2, -0.15) is 0 Å². The van der Waals surface area contributed by atoms with Gasteiger partial charge in [-0.3, -0.25) is 0 Å². The molecule has 0 saturated carbocycles. The summed E-state index contributed by atoms with van der Waals surface area (Å²) in [5, 5.41) is 12.8. The van der Waals surface area contributed by atoms with Gasteiger partial charge in [0.05, 0.1) is 13.7 Å². The van der Waals surface area contributed by atoms with Crippen LogP contribution in [0.15, 0.2) is 18.2 Å². The Hall–Kier alpha value is -1.06. The van der Waals surface area contributed by atoms with Crippen molar-refractivity contribution < 1.29 is 9.84 Å². The summed E-state index contributed by atoms with van der Waals surface area (Å²) >= 11 is 0. The molecule has 18 heavy (non-hydrogen) atoms. The minimum absolute atomic E-state index is 0.220. The summed E-state index contributed by atoms with van der Waals surface area (Å²) in [7, 11) is 1.71. The van der Waals surface area contributed by atoms with Gasteiger partial charge in [-0.25, -0.2) is 0 Å². The second-order valence-corrected chi connectivity index (χ2v) is 5.03. The maximum Gasteiger partial charge on any atom is 0.119 e. The summed E-state index contributed by atoms with van der Waals surface area (Å²) in [4.78, 5) is 0. The number of aliphatic hydroxyl groups excluding tert-OH is 1. The number of methoxy groups -OCH3 is 1. The first-order chi connectivity index (χ1) is 8.76. The number of fused-ring (bicyclic) bond motifs is 1. The molecule has 1 unspecified atom stereocenters. The monoisotopic (exact) mass is 249 g/mol. The van der Waals surface area contributed by atoms with E-state index in [1.54, 1.807) is 7.11 Å². The van der Waals surface area contributed by atoms with Crippen LogP contribution >= 0.6 is 0 Å². The Bertz CT molecular complexity index is 388. The highest BCUT2D eigenvalue weighted by Gasteiger charge is 2.20. The molecule has 0 fully saturated rings. The van der Waals surface area contributed by atoms with Crippen LogP contribution in [0, 0.1) is 0 Å². The highest BCUT2D eigenvalue weighted by atomic mass is 16.5. The van der Waals surface area contributed by atoms with E-state index >= 15 is 0 Å². The van der Waals surface area contributed by atoms with Gasteiger partial charge in [0.25, 0.3) is 0 Å². The van der Waals surface area contributed by atoms with E-state index in [0.29, 0.717) is 6.04 Å². The summed E-state index contributed by atoms with van der Waals surface area (Å²) < 4.78 is 5.28. The lowest BCUT2D eigenvalue weighted by Crippen LogP contribution is -2.43. The molecule has 0 radical (unpaired) electrons. The molecular weight excluding hydrogens is 226 g/mol. The molecule has 1 aliphatic carbocycles. The number of aliphatic hydroxyl groups is 1. The zero-order chi connectivity index (χ0) is 13.0. The van der Waals surface area contributed by atoms with Crippen molar-refractivity contribution in [3.05, 3.63) is 29.3 Å². The molecule has 0 spiro atoms. The largest absolute Gasteiger partial charge is 0.497 e. The highest BCUT2D eigenvalue weighted by Crippen LogP contribution is 2.25. The average Bonchev–Trinajstić information content (AvgIpc) is 2.43. The van der Waals surface area contributed by atoms with E-state index in [1.807, 2.05) is 6.07 Å². The summed E-state index contributed by atoms with van der Waals surface area (Å²) in [6, 6.07) is 7.05. The molecule has 0 amide bonds. The quantitative estimate of drug-likeness (QED) is 0.837. The van der Waals surface area contributed by atoms with E-state index in [9.17, 15) is 5.11 Å². The molecule has 1 aliphatic rings. The zero-order valence-corrected chi connectivity index (χ0v) is 11.3. The van der Waals surface area contributed by atoms with E-state index in [4.69, 9.17) is 4.74 Å². The Kier molecular flexibility index (Phi) is 4.61. The van der Waals surface area contributed by atoms with Gasteiger partial charge in [0.2, 0.25) is 0 Å². The predicted octanol–water partition coefficient (Wildman–Crippen LogP) is 1.91. The van der Waals surface area contributed by atoms with Crippen molar-refractivity contribution in [3.63, 3.8) is 0 Å². The van der Waals surface area contributed by atoms with Crippen molar-refractivity contribution >= 4 is 0 Å². The Morgan fingerprint density at radius 2 is 2.28 bits per heavy atom. The number of ether oxygens (including phenoxy) is 1. The molecule has 0 bridgehead atoms. The molecule has 2 rings (SSSR count). The molecular formula is C15H23NO2. The minimum atomic E-state index is 0.220. The number of rotatable bonds is 5. The van der Waals surface area contributed by atoms with Gasteiger partial charge in [0.1, 0.15) is 5.75 Å². The van der Waals surface area contributed by atoms with Gasteiger partial charge in [0.15, 0.2) is 0 Å². The molecule has 0 aromatic heterocycles. The molecule has 2 atom stereocenters. The molecule has 3 heteroatoms. The first-order valence-corrected chi connectivity index (χ1v) is 6.79. The number of hydrogen-bond donors (Lipinski definition) is 2. The van der Waals surface area contributed by atoms with Crippen molar-refractivity contribution in [1.29, 1.82) is 0 Å². The second-order valence-electron chi connectivity index (χ2n) is 5.03. The van der Waals surface area contributed by atoms with Crippen molar-refractivity contribution in [1.82, 2.24) is 5.32 Å². The van der Waals surface area contributed by atoms with Crippen LogP contribution in [-0.4, -0.2) is 30.9 Å². The van der Waals surface area contributed by atoms with Gasteiger partial charge in [-0.15, -0.1) is 0 Å². The van der Waals surface area contributed by atoms with E-state index in [1.165, 1.54) is 11.1 Å². The fourth-order valence-electron chi connectivity index (χ4n) is 2.64. The van der Waals surface area contributed by atoms with Crippen molar-refractivity contribution in [2.45, 2.75) is 44.7 Å². The number of nitrogens with one attached hydrogen (secondary N) is 1. The van der Waals surface area contributed by atoms with E-state index in [0.717, 1.165) is 31.4 Å². The molecule has 0 aliphatic heterocycles. The second kappa shape index (κ2) is 6.21. The third kappa shape index (κ3) is 3.03. The van der Waals surface area contributed by atoms with Crippen LogP contribution in [0.5, 0.6) is 5.75 Å². The zero-order valence-electron chi connectivity index (χ0n) is 11.3. The smallest absolute Gasteiger partial charge is 0.119 e. The summed E-state index contributed by atoms with van der Waals surface area (Å²) in [5.74, 6) is 0.934. The minimum Gasteiger partial charge on any atom is -0.497 e. The lowest BCUT2D eigenvalue weighted by molar-refractivity contribution is 0.223. The topological polar surface area (TPSA) is 41.5 Å². The predicted molar refractivity (Wildman–Crippen MR) is 73.1 cm³/mol. The van der Waals surface area contributed by atoms with Crippen LogP contribution < -0.4 is 10.1 Å². The van der Waals surface area contributed by atoms with Crippen LogP contribution in [0.1, 0.15) is 30.9 Å². The number of benzene rings is 1. The van der Waals surface area contributed by atoms with Crippen molar-refractivity contribution in [3.8, 4) is 5.75 Å². The Balaban J connectivity index is 2.04. The SMILES string of the molecule is CC[C@H](CO)NC1CCc2ccc(OC)cc2C1. The van der Waals surface area contributed by atoms with E-state index in [-0.39, 0.29) is 12.6 Å². The summed E-state index contributed by atoms with van der Waals surface area (Å²) in [6.07, 6.45) is 4.26. The first kappa shape index (κ1) is 13.4. The van der Waals surface area contributed by atoms with E-state index in [2.05, 4.69) is 24.4 Å². The van der Waals surface area contributed by atoms with E-state index < -0.39 is 0 Å². The number of aryl methyl sites for hydroxylation is 1. The third-order valence-electron chi connectivity index (χ3n) is 3.83. The molecule has 0 heterocycles. The fraction of sp³-hybridized carbons (Fsp3) is 0.600. The average molecular weight is 249 g/mol. The highest BCUT2D eigenvalue weighted by molar-refractivity contribution is 5.37. The molecule has 0 saturated heterocycles. The maximum absolute atomic E-state index is 9.25. The fourth-order valence-corrected chi connectivity index (χ4v) is 2.64. The van der Waals surface area contributed by atoms with Crippen LogP contribution in [0.4, 0.5) is 0 Å². The Morgan fingerprint density at radius 3 is 2.94 bits per heavy atom. The molecule has 1 aromatic rings. The van der Waals surface area contributed by atoms with Crippen LogP contribution in [-0.2, 0) is 12.8 Å². The van der Waals surface area contributed by atoms with Gasteiger partial charge in [0, 0.05) is 12.1 Å². The van der Waals surface area contributed by atoms with Gasteiger partial charge >= 0.3 is 0 Å². The maximum atomic E-state index is 9.25. The lowest BCUT2D eigenvalue weighted by atomic mass is 9.87. The van der Waals surface area contributed by atoms with Gasteiger partial charge in [-0.1, -0.05) is 13.0 Å². The summed E-state index contributed by atoms with van der Waals surface area (Å²) in [5.41, 5.74) is 2.82. The molecule has 100 valence electrons. The standard InChI is InChI=1S/C15H23NO2/c1-3-13(10-17)16-14-6-4-11-5-7-15(18-2)9-12(11)8-14/h5,7,9,13-14,16-17H,3-4,6,8,10H2,1-2H3/t13-,14?/m1/s1. The van der Waals surface area contributed by atoms with Crippen molar-refractivity contribution in [2.24, 2.45) is 0 Å². The lowest BCUT2D eigenvalue weighted by Gasteiger charge is -2.29. The molecule has 3 nitrogen and oxygen atoms in total. The van der Waals surface area contributed by atoms with Gasteiger partial charge in [-0.05, 0) is 48.9 Å². The van der Waals surface area contributed by atoms with Gasteiger partial charge < -0.3 is 15.2 Å². The Morgan fingerprint density at radius 1 is 1.44 bits per heavy atom. The number of hydrogen-bond acceptors (Lipinski definition) is 3. The Labute approximate surface area is 109 Å². The van der Waals surface area contributed by atoms with Crippen LogP contribution in [0.2, 0.25) is 0 Å². The molecule has 1 aromatic carbocycles.